The summed E-state index contributed by atoms with van der Waals surface area (Å²) in [7, 11) is 1.61. The average Bonchev–Trinajstić information content (AvgIpc) is 2.88. The van der Waals surface area contributed by atoms with Gasteiger partial charge in [-0.2, -0.15) is 0 Å². The highest BCUT2D eigenvalue weighted by atomic mass is 16.5. The molecule has 2 atom stereocenters. The monoisotopic (exact) mass is 460 g/mol. The number of rotatable bonds is 9. The van der Waals surface area contributed by atoms with Gasteiger partial charge in [-0.05, 0) is 42.7 Å². The van der Waals surface area contributed by atoms with Gasteiger partial charge >= 0.3 is 0 Å². The summed E-state index contributed by atoms with van der Waals surface area (Å²) >= 11 is 0. The van der Waals surface area contributed by atoms with Gasteiger partial charge in [0, 0.05) is 18.3 Å². The maximum Gasteiger partial charge on any atom is 0.236 e. The lowest BCUT2D eigenvalue weighted by Gasteiger charge is -2.57. The van der Waals surface area contributed by atoms with Crippen LogP contribution in [0.1, 0.15) is 37.8 Å². The lowest BCUT2D eigenvalue weighted by atomic mass is 9.63. The van der Waals surface area contributed by atoms with Crippen LogP contribution >= 0.6 is 0 Å². The predicted octanol–water partition coefficient (Wildman–Crippen LogP) is 5.59. The third-order valence-electron chi connectivity index (χ3n) is 6.34. The van der Waals surface area contributed by atoms with Gasteiger partial charge in [-0.1, -0.05) is 61.9 Å². The molecule has 6 nitrogen and oxygen atoms in total. The number of nitrogens with zero attached hydrogens (tertiary/aromatic N) is 1. The number of amides is 1. The fourth-order valence-electron chi connectivity index (χ4n) is 4.93. The van der Waals surface area contributed by atoms with Crippen LogP contribution < -0.4 is 15.0 Å². The van der Waals surface area contributed by atoms with Gasteiger partial charge in [-0.25, -0.2) is 0 Å². The van der Waals surface area contributed by atoms with Crippen molar-refractivity contribution in [2.75, 3.05) is 23.9 Å². The third-order valence-corrected chi connectivity index (χ3v) is 6.34. The first kappa shape index (κ1) is 24.8. The molecule has 1 heterocycles. The van der Waals surface area contributed by atoms with E-state index < -0.39 is 5.41 Å². The Bertz CT molecular complexity index is 1070. The number of phenols is 1. The van der Waals surface area contributed by atoms with Crippen LogP contribution in [0.15, 0.2) is 78.9 Å². The Balaban J connectivity index is 0.00000158. The molecule has 0 bridgehead atoms. The fourth-order valence-corrected chi connectivity index (χ4v) is 4.93. The first-order chi connectivity index (χ1) is 16.6. The molecule has 3 aromatic rings. The summed E-state index contributed by atoms with van der Waals surface area (Å²) in [4.78, 5) is 23.7. The van der Waals surface area contributed by atoms with Crippen LogP contribution in [0.5, 0.6) is 11.5 Å². The van der Waals surface area contributed by atoms with Gasteiger partial charge < -0.3 is 24.9 Å². The Kier molecular flexibility index (Phi) is 8.30. The summed E-state index contributed by atoms with van der Waals surface area (Å²) in [6, 6.07) is 25.2. The standard InChI is InChI=1S/C27H30N2O3.CH2O/c1-3-16-27(17-18-28-23-19-22(30)14-15-24(23)32-2)25(20-10-6-4-7-11-20)29(26(27)31)21-12-8-5-9-13-21;1-2/h4-15,19,25,28,30H,3,16-18H2,1-2H3;1H2. The van der Waals surface area contributed by atoms with Gasteiger partial charge in [0.05, 0.1) is 24.3 Å². The van der Waals surface area contributed by atoms with Crippen LogP contribution in [0.25, 0.3) is 0 Å². The van der Waals surface area contributed by atoms with Crippen molar-refractivity contribution in [2.24, 2.45) is 5.41 Å². The van der Waals surface area contributed by atoms with Gasteiger partial charge in [0.1, 0.15) is 18.3 Å². The number of hydrogen-bond acceptors (Lipinski definition) is 5. The maximum absolute atomic E-state index is 13.7. The maximum atomic E-state index is 13.7. The van der Waals surface area contributed by atoms with Gasteiger partial charge in [-0.3, -0.25) is 4.79 Å². The molecule has 1 aliphatic heterocycles. The summed E-state index contributed by atoms with van der Waals surface area (Å²) in [5.74, 6) is 1.01. The lowest BCUT2D eigenvalue weighted by molar-refractivity contribution is -0.141. The van der Waals surface area contributed by atoms with E-state index in [-0.39, 0.29) is 17.7 Å². The van der Waals surface area contributed by atoms with Gasteiger partial charge in [0.25, 0.3) is 0 Å². The number of para-hydroxylation sites is 1. The number of nitrogens with one attached hydrogen (secondary N) is 1. The molecule has 2 N–H and O–H groups in total. The normalized spacial score (nSPS) is 18.9. The van der Waals surface area contributed by atoms with E-state index in [0.29, 0.717) is 18.7 Å². The van der Waals surface area contributed by atoms with E-state index >= 15 is 0 Å². The minimum Gasteiger partial charge on any atom is -0.508 e. The second-order valence-electron chi connectivity index (χ2n) is 8.29. The van der Waals surface area contributed by atoms with Crippen LogP contribution in [0, 0.1) is 5.41 Å². The Morgan fingerprint density at radius 2 is 1.65 bits per heavy atom. The first-order valence-corrected chi connectivity index (χ1v) is 11.4. The molecule has 0 aliphatic carbocycles. The van der Waals surface area contributed by atoms with E-state index in [1.807, 2.05) is 60.2 Å². The number of aromatic hydroxyl groups is 1. The van der Waals surface area contributed by atoms with Crippen LogP contribution in [-0.2, 0) is 9.59 Å². The van der Waals surface area contributed by atoms with Crippen LogP contribution in [0.4, 0.5) is 11.4 Å². The Morgan fingerprint density at radius 3 is 2.26 bits per heavy atom. The zero-order valence-electron chi connectivity index (χ0n) is 19.7. The van der Waals surface area contributed by atoms with E-state index in [2.05, 4.69) is 24.4 Å². The number of phenolic OH excluding ortho intramolecular Hbond substituents is 1. The summed E-state index contributed by atoms with van der Waals surface area (Å²) in [6.07, 6.45) is 2.42. The van der Waals surface area contributed by atoms with Crippen molar-refractivity contribution in [2.45, 2.75) is 32.2 Å². The molecule has 6 heteroatoms. The molecule has 1 saturated heterocycles. The fraction of sp³-hybridized carbons (Fsp3) is 0.286. The zero-order valence-corrected chi connectivity index (χ0v) is 19.7. The van der Waals surface area contributed by atoms with Crippen molar-refractivity contribution in [1.82, 2.24) is 0 Å². The molecule has 1 aliphatic rings. The van der Waals surface area contributed by atoms with Crippen molar-refractivity contribution in [3.63, 3.8) is 0 Å². The highest BCUT2D eigenvalue weighted by Crippen LogP contribution is 2.56. The minimum absolute atomic E-state index is 0.0218. The van der Waals surface area contributed by atoms with Gasteiger partial charge in [-0.15, -0.1) is 0 Å². The third kappa shape index (κ3) is 4.76. The molecule has 0 radical (unpaired) electrons. The largest absolute Gasteiger partial charge is 0.508 e. The molecule has 0 saturated carbocycles. The zero-order chi connectivity index (χ0) is 24.6. The van der Waals surface area contributed by atoms with E-state index in [1.54, 1.807) is 25.3 Å². The van der Waals surface area contributed by atoms with E-state index in [1.165, 1.54) is 0 Å². The number of carbonyl (C=O) groups is 2. The molecule has 2 unspecified atom stereocenters. The van der Waals surface area contributed by atoms with Crippen molar-refractivity contribution in [1.29, 1.82) is 0 Å². The van der Waals surface area contributed by atoms with Gasteiger partial charge in [0.2, 0.25) is 5.91 Å². The summed E-state index contributed by atoms with van der Waals surface area (Å²) in [6.45, 7) is 4.73. The molecule has 0 spiro atoms. The highest BCUT2D eigenvalue weighted by Gasteiger charge is 2.60. The number of ether oxygens (including phenoxy) is 1. The van der Waals surface area contributed by atoms with Crippen LogP contribution in [-0.4, -0.2) is 31.5 Å². The number of anilines is 2. The molecular formula is C28H32N2O4. The Labute approximate surface area is 201 Å². The van der Waals surface area contributed by atoms with Gasteiger partial charge in [0.15, 0.2) is 0 Å². The molecule has 34 heavy (non-hydrogen) atoms. The predicted molar refractivity (Wildman–Crippen MR) is 135 cm³/mol. The second kappa shape index (κ2) is 11.4. The lowest BCUT2D eigenvalue weighted by Crippen LogP contribution is -2.64. The smallest absolute Gasteiger partial charge is 0.236 e. The van der Waals surface area contributed by atoms with E-state index in [9.17, 15) is 9.90 Å². The molecule has 178 valence electrons. The number of benzene rings is 3. The van der Waals surface area contributed by atoms with Crippen LogP contribution in [0.2, 0.25) is 0 Å². The number of β-lactam (4-membered cyclic amide) rings is 1. The highest BCUT2D eigenvalue weighted by molar-refractivity contribution is 6.06. The Hall–Kier alpha value is -3.80. The molecular weight excluding hydrogens is 428 g/mol. The molecule has 4 rings (SSSR count). The van der Waals surface area contributed by atoms with Crippen molar-refractivity contribution < 1.29 is 19.4 Å². The quantitative estimate of drug-likeness (QED) is 0.407. The Morgan fingerprint density at radius 1 is 1.00 bits per heavy atom. The van der Waals surface area contributed by atoms with E-state index in [0.717, 1.165) is 29.8 Å². The first-order valence-electron chi connectivity index (χ1n) is 11.4. The van der Waals surface area contributed by atoms with Crippen molar-refractivity contribution in [3.8, 4) is 11.5 Å². The summed E-state index contributed by atoms with van der Waals surface area (Å²) < 4.78 is 5.41. The van der Waals surface area contributed by atoms with Crippen molar-refractivity contribution >= 4 is 24.1 Å². The summed E-state index contributed by atoms with van der Waals surface area (Å²) in [5, 5.41) is 13.2. The number of methoxy groups -OCH3 is 1. The average molecular weight is 461 g/mol. The number of hydrogen-bond donors (Lipinski definition) is 2. The molecule has 1 fully saturated rings. The minimum atomic E-state index is -0.483. The van der Waals surface area contributed by atoms with E-state index in [4.69, 9.17) is 9.53 Å². The SMILES string of the molecule is C=O.CCCC1(CCNc2cc(O)ccc2OC)C(=O)N(c2ccccc2)C1c1ccccc1. The molecule has 3 aromatic carbocycles. The summed E-state index contributed by atoms with van der Waals surface area (Å²) in [5.41, 5.74) is 2.32. The molecule has 1 amide bonds. The van der Waals surface area contributed by atoms with Crippen LogP contribution in [0.3, 0.4) is 0 Å². The second-order valence-corrected chi connectivity index (χ2v) is 8.29. The topological polar surface area (TPSA) is 78.9 Å². The molecule has 0 aromatic heterocycles. The number of carbonyl (C=O) groups excluding carboxylic acids is 2. The van der Waals surface area contributed by atoms with Crippen molar-refractivity contribution in [3.05, 3.63) is 84.4 Å².